The van der Waals surface area contributed by atoms with Gasteiger partial charge in [0.2, 0.25) is 0 Å². The number of hydrogen-bond donors (Lipinski definition) is 1. The van der Waals surface area contributed by atoms with E-state index in [1.165, 1.54) is 17.7 Å². The Bertz CT molecular complexity index is 604. The number of nitrogens with zero attached hydrogens (tertiary/aromatic N) is 4. The molecular weight excluding hydrogens is 274 g/mol. The number of thiazole rings is 1. The molecule has 1 atom stereocenters. The van der Waals surface area contributed by atoms with E-state index in [9.17, 15) is 4.79 Å². The Kier molecular flexibility index (Phi) is 4.49. The van der Waals surface area contributed by atoms with E-state index in [-0.39, 0.29) is 11.9 Å². The van der Waals surface area contributed by atoms with E-state index >= 15 is 0 Å². The van der Waals surface area contributed by atoms with Gasteiger partial charge in [-0.3, -0.25) is 4.79 Å². The van der Waals surface area contributed by atoms with Crippen molar-refractivity contribution in [2.24, 2.45) is 0 Å². The normalized spacial score (nSPS) is 12.4. The third-order valence-electron chi connectivity index (χ3n) is 2.93. The lowest BCUT2D eigenvalue weighted by molar-refractivity contribution is 0.0940. The van der Waals surface area contributed by atoms with E-state index in [1.54, 1.807) is 0 Å². The Morgan fingerprint density at radius 1 is 1.50 bits per heavy atom. The van der Waals surface area contributed by atoms with Crippen LogP contribution in [0.25, 0.3) is 0 Å². The fourth-order valence-corrected chi connectivity index (χ4v) is 2.88. The molecule has 2 rings (SSSR count). The molecule has 20 heavy (non-hydrogen) atoms. The van der Waals surface area contributed by atoms with Crippen LogP contribution in [0.2, 0.25) is 0 Å². The monoisotopic (exact) mass is 293 g/mol. The summed E-state index contributed by atoms with van der Waals surface area (Å²) >= 11 is 1.41. The van der Waals surface area contributed by atoms with Crippen LogP contribution in [0.15, 0.2) is 6.33 Å². The Balaban J connectivity index is 2.11. The maximum absolute atomic E-state index is 12.3. The van der Waals surface area contributed by atoms with Crippen LogP contribution in [0.1, 0.15) is 52.5 Å². The van der Waals surface area contributed by atoms with Gasteiger partial charge in [0.05, 0.1) is 16.7 Å². The van der Waals surface area contributed by atoms with Crippen molar-refractivity contribution in [1.82, 2.24) is 25.1 Å². The summed E-state index contributed by atoms with van der Waals surface area (Å²) in [6, 6.07) is -0.182. The van der Waals surface area contributed by atoms with Crippen molar-refractivity contribution in [2.45, 2.75) is 46.7 Å². The van der Waals surface area contributed by atoms with Crippen molar-refractivity contribution in [3.8, 4) is 0 Å². The zero-order valence-electron chi connectivity index (χ0n) is 12.2. The van der Waals surface area contributed by atoms with Gasteiger partial charge in [0.1, 0.15) is 17.0 Å². The predicted octanol–water partition coefficient (Wildman–Crippen LogP) is 2.25. The summed E-state index contributed by atoms with van der Waals surface area (Å²) in [6.07, 6.45) is 2.50. The van der Waals surface area contributed by atoms with Gasteiger partial charge in [0.15, 0.2) is 0 Å². The van der Waals surface area contributed by atoms with Crippen molar-refractivity contribution >= 4 is 17.2 Å². The quantitative estimate of drug-likeness (QED) is 0.917. The van der Waals surface area contributed by atoms with Gasteiger partial charge in [-0.25, -0.2) is 14.6 Å². The summed E-state index contributed by atoms with van der Waals surface area (Å²) in [7, 11) is 0. The average Bonchev–Trinajstić information content (AvgIpc) is 2.96. The minimum absolute atomic E-state index is 0.105. The number of rotatable bonds is 5. The van der Waals surface area contributed by atoms with Gasteiger partial charge < -0.3 is 5.32 Å². The minimum atomic E-state index is -0.182. The van der Waals surface area contributed by atoms with Gasteiger partial charge in [-0.15, -0.1) is 11.3 Å². The SMILES string of the molecule is CCCn1ncnc1C(C)NC(=O)c1sc(C)nc1C. The fourth-order valence-electron chi connectivity index (χ4n) is 2.06. The van der Waals surface area contributed by atoms with Gasteiger partial charge in [-0.1, -0.05) is 6.92 Å². The summed E-state index contributed by atoms with van der Waals surface area (Å²) in [4.78, 5) is 21.4. The van der Waals surface area contributed by atoms with Crippen molar-refractivity contribution in [3.05, 3.63) is 27.7 Å². The molecule has 7 heteroatoms. The Morgan fingerprint density at radius 3 is 2.85 bits per heavy atom. The van der Waals surface area contributed by atoms with E-state index < -0.39 is 0 Å². The fraction of sp³-hybridized carbons (Fsp3) is 0.538. The summed E-state index contributed by atoms with van der Waals surface area (Å²) in [5.74, 6) is 0.672. The molecule has 2 aromatic rings. The lowest BCUT2D eigenvalue weighted by Gasteiger charge is -2.13. The first-order valence-electron chi connectivity index (χ1n) is 6.65. The number of amides is 1. The van der Waals surface area contributed by atoms with Crippen molar-refractivity contribution in [1.29, 1.82) is 0 Å². The molecule has 108 valence electrons. The summed E-state index contributed by atoms with van der Waals surface area (Å²) in [6.45, 7) is 8.54. The van der Waals surface area contributed by atoms with Crippen molar-refractivity contribution in [3.63, 3.8) is 0 Å². The molecule has 0 spiro atoms. The van der Waals surface area contributed by atoms with Crippen LogP contribution in [-0.2, 0) is 6.54 Å². The molecule has 0 bridgehead atoms. The van der Waals surface area contributed by atoms with E-state index in [2.05, 4.69) is 27.3 Å². The molecule has 0 aliphatic rings. The molecule has 1 amide bonds. The topological polar surface area (TPSA) is 72.7 Å². The van der Waals surface area contributed by atoms with E-state index in [1.807, 2.05) is 25.5 Å². The maximum atomic E-state index is 12.3. The van der Waals surface area contributed by atoms with Gasteiger partial charge in [-0.05, 0) is 27.2 Å². The molecule has 0 aliphatic heterocycles. The van der Waals surface area contributed by atoms with Crippen LogP contribution in [0.4, 0.5) is 0 Å². The number of aryl methyl sites for hydroxylation is 3. The predicted molar refractivity (Wildman–Crippen MR) is 77.8 cm³/mol. The summed E-state index contributed by atoms with van der Waals surface area (Å²) < 4.78 is 1.83. The summed E-state index contributed by atoms with van der Waals surface area (Å²) in [5, 5.41) is 8.03. The molecule has 6 nitrogen and oxygen atoms in total. The highest BCUT2D eigenvalue weighted by Crippen LogP contribution is 2.18. The van der Waals surface area contributed by atoms with Crippen LogP contribution in [-0.4, -0.2) is 25.7 Å². The zero-order valence-corrected chi connectivity index (χ0v) is 13.0. The number of nitrogens with one attached hydrogen (secondary N) is 1. The smallest absolute Gasteiger partial charge is 0.263 e. The first kappa shape index (κ1) is 14.6. The van der Waals surface area contributed by atoms with Crippen molar-refractivity contribution < 1.29 is 4.79 Å². The molecule has 1 unspecified atom stereocenters. The highest BCUT2D eigenvalue weighted by molar-refractivity contribution is 7.13. The second-order valence-corrected chi connectivity index (χ2v) is 5.89. The molecule has 0 fully saturated rings. The zero-order chi connectivity index (χ0) is 14.7. The lowest BCUT2D eigenvalue weighted by Crippen LogP contribution is -2.28. The third kappa shape index (κ3) is 3.04. The molecular formula is C13H19N5OS. The largest absolute Gasteiger partial charge is 0.342 e. The van der Waals surface area contributed by atoms with Crippen LogP contribution in [0.3, 0.4) is 0 Å². The molecule has 0 aromatic carbocycles. The molecule has 0 saturated carbocycles. The Labute approximate surface area is 122 Å². The second-order valence-electron chi connectivity index (χ2n) is 4.68. The van der Waals surface area contributed by atoms with E-state index in [4.69, 9.17) is 0 Å². The lowest BCUT2D eigenvalue weighted by atomic mass is 10.3. The third-order valence-corrected chi connectivity index (χ3v) is 4.00. The van der Waals surface area contributed by atoms with Crippen LogP contribution in [0, 0.1) is 13.8 Å². The Morgan fingerprint density at radius 2 is 2.25 bits per heavy atom. The first-order chi connectivity index (χ1) is 9.52. The minimum Gasteiger partial charge on any atom is -0.342 e. The molecule has 0 saturated heterocycles. The average molecular weight is 293 g/mol. The Hall–Kier alpha value is -1.76. The number of carbonyl (C=O) groups excluding carboxylic acids is 1. The molecule has 2 aromatic heterocycles. The van der Waals surface area contributed by atoms with Gasteiger partial charge in [0.25, 0.3) is 5.91 Å². The van der Waals surface area contributed by atoms with E-state index in [0.717, 1.165) is 29.5 Å². The maximum Gasteiger partial charge on any atom is 0.263 e. The van der Waals surface area contributed by atoms with Crippen molar-refractivity contribution in [2.75, 3.05) is 0 Å². The highest BCUT2D eigenvalue weighted by Gasteiger charge is 2.19. The number of hydrogen-bond acceptors (Lipinski definition) is 5. The van der Waals surface area contributed by atoms with Gasteiger partial charge >= 0.3 is 0 Å². The van der Waals surface area contributed by atoms with Crippen LogP contribution >= 0.6 is 11.3 Å². The van der Waals surface area contributed by atoms with Gasteiger partial charge in [-0.2, -0.15) is 5.10 Å². The molecule has 1 N–H and O–H groups in total. The van der Waals surface area contributed by atoms with Crippen LogP contribution in [0.5, 0.6) is 0 Å². The van der Waals surface area contributed by atoms with Gasteiger partial charge in [0, 0.05) is 6.54 Å². The standard InChI is InChI=1S/C13H19N5OS/c1-5-6-18-12(14-7-15-18)9(3)17-13(19)11-8(2)16-10(4)20-11/h7,9H,5-6H2,1-4H3,(H,17,19). The highest BCUT2D eigenvalue weighted by atomic mass is 32.1. The number of aromatic nitrogens is 4. The first-order valence-corrected chi connectivity index (χ1v) is 7.47. The molecule has 0 radical (unpaired) electrons. The molecule has 0 aliphatic carbocycles. The van der Waals surface area contributed by atoms with Crippen LogP contribution < -0.4 is 5.32 Å². The van der Waals surface area contributed by atoms with E-state index in [0.29, 0.717) is 4.88 Å². The summed E-state index contributed by atoms with van der Waals surface area (Å²) in [5.41, 5.74) is 0.771. The second kappa shape index (κ2) is 6.13. The number of carbonyl (C=O) groups is 1. The molecule has 2 heterocycles.